The first kappa shape index (κ1) is 15.3. The Hall–Kier alpha value is -2.07. The van der Waals surface area contributed by atoms with Crippen molar-refractivity contribution in [3.8, 4) is 11.5 Å². The first-order valence-corrected chi connectivity index (χ1v) is 7.33. The van der Waals surface area contributed by atoms with Crippen molar-refractivity contribution in [3.63, 3.8) is 0 Å². The van der Waals surface area contributed by atoms with Crippen molar-refractivity contribution >= 4 is 27.8 Å². The quantitative estimate of drug-likeness (QED) is 0.642. The molecule has 0 aliphatic carbocycles. The summed E-state index contributed by atoms with van der Waals surface area (Å²) in [6, 6.07) is 12.1. The second-order valence-corrected chi connectivity index (χ2v) is 5.22. The van der Waals surface area contributed by atoms with E-state index in [-0.39, 0.29) is 11.5 Å². The maximum Gasteiger partial charge on any atom is 0.185 e. The van der Waals surface area contributed by atoms with E-state index in [4.69, 9.17) is 4.74 Å². The van der Waals surface area contributed by atoms with Crippen LogP contribution < -0.4 is 4.74 Å². The van der Waals surface area contributed by atoms with Crippen molar-refractivity contribution < 1.29 is 14.6 Å². The Morgan fingerprint density at radius 3 is 2.57 bits per heavy atom. The lowest BCUT2D eigenvalue weighted by Gasteiger charge is -2.03. The molecule has 2 aromatic carbocycles. The number of allylic oxidation sites excluding steroid dienone is 1. The number of carbonyl (C=O) groups excluding carboxylic acids is 1. The van der Waals surface area contributed by atoms with E-state index in [1.165, 1.54) is 6.08 Å². The van der Waals surface area contributed by atoms with E-state index in [9.17, 15) is 9.90 Å². The van der Waals surface area contributed by atoms with Gasteiger partial charge in [-0.05, 0) is 70.9 Å². The Morgan fingerprint density at radius 2 is 1.95 bits per heavy atom. The molecule has 0 saturated heterocycles. The van der Waals surface area contributed by atoms with Gasteiger partial charge in [-0.3, -0.25) is 4.79 Å². The Balaban J connectivity index is 2.09. The fourth-order valence-electron chi connectivity index (χ4n) is 1.78. The number of halogens is 1. The molecule has 2 aromatic rings. The topological polar surface area (TPSA) is 46.5 Å². The number of carbonyl (C=O) groups is 1. The van der Waals surface area contributed by atoms with Gasteiger partial charge in [0.2, 0.25) is 0 Å². The molecule has 0 aromatic heterocycles. The summed E-state index contributed by atoms with van der Waals surface area (Å²) in [5.74, 6) is 0.840. The number of hydrogen-bond acceptors (Lipinski definition) is 3. The van der Waals surface area contributed by atoms with Crippen molar-refractivity contribution in [1.82, 2.24) is 0 Å². The Labute approximate surface area is 132 Å². The Kier molecular flexibility index (Phi) is 5.17. The fraction of sp³-hybridized carbons (Fsp3) is 0.118. The van der Waals surface area contributed by atoms with Crippen LogP contribution in [0.4, 0.5) is 0 Å². The highest BCUT2D eigenvalue weighted by molar-refractivity contribution is 9.10. The molecule has 0 unspecified atom stereocenters. The highest BCUT2D eigenvalue weighted by atomic mass is 79.9. The van der Waals surface area contributed by atoms with Gasteiger partial charge >= 0.3 is 0 Å². The molecule has 3 nitrogen and oxygen atoms in total. The third-order valence-corrected chi connectivity index (χ3v) is 3.48. The smallest absolute Gasteiger partial charge is 0.185 e. The van der Waals surface area contributed by atoms with Crippen molar-refractivity contribution in [1.29, 1.82) is 0 Å². The SMILES string of the molecule is CCOc1ccc(C(=O)/C=C/c2ccc(O)c(Br)c2)cc1. The normalized spacial score (nSPS) is 10.8. The lowest BCUT2D eigenvalue weighted by Crippen LogP contribution is -1.95. The maximum absolute atomic E-state index is 12.1. The minimum atomic E-state index is -0.0813. The third kappa shape index (κ3) is 4.20. The summed E-state index contributed by atoms with van der Waals surface area (Å²) in [6.45, 7) is 2.51. The highest BCUT2D eigenvalue weighted by Crippen LogP contribution is 2.24. The predicted octanol–water partition coefficient (Wildman–Crippen LogP) is 4.45. The number of rotatable bonds is 5. The van der Waals surface area contributed by atoms with E-state index >= 15 is 0 Å². The van der Waals surface area contributed by atoms with Gasteiger partial charge in [0.05, 0.1) is 11.1 Å². The molecule has 0 aliphatic rings. The average Bonchev–Trinajstić information content (AvgIpc) is 2.49. The number of benzene rings is 2. The van der Waals surface area contributed by atoms with Gasteiger partial charge in [-0.15, -0.1) is 0 Å². The van der Waals surface area contributed by atoms with Gasteiger partial charge in [0.15, 0.2) is 5.78 Å². The first-order chi connectivity index (χ1) is 10.1. The molecule has 0 saturated carbocycles. The van der Waals surface area contributed by atoms with Crippen LogP contribution in [-0.4, -0.2) is 17.5 Å². The Morgan fingerprint density at radius 1 is 1.24 bits per heavy atom. The Bertz CT molecular complexity index is 660. The number of ether oxygens (including phenoxy) is 1. The van der Waals surface area contributed by atoms with Crippen molar-refractivity contribution in [2.24, 2.45) is 0 Å². The van der Waals surface area contributed by atoms with Gasteiger partial charge in [-0.2, -0.15) is 0 Å². The summed E-state index contributed by atoms with van der Waals surface area (Å²) in [5, 5.41) is 9.42. The van der Waals surface area contributed by atoms with Crippen molar-refractivity contribution in [3.05, 3.63) is 64.1 Å². The summed E-state index contributed by atoms with van der Waals surface area (Å²) in [5.41, 5.74) is 1.44. The minimum absolute atomic E-state index is 0.0813. The lowest BCUT2D eigenvalue weighted by atomic mass is 10.1. The standard InChI is InChI=1S/C17H15BrO3/c1-2-21-14-7-5-13(6-8-14)16(19)9-3-12-4-10-17(20)15(18)11-12/h3-11,20H,2H2,1H3/b9-3+. The van der Waals surface area contributed by atoms with Gasteiger partial charge in [-0.1, -0.05) is 12.1 Å². The third-order valence-electron chi connectivity index (χ3n) is 2.85. The zero-order valence-electron chi connectivity index (χ0n) is 11.5. The highest BCUT2D eigenvalue weighted by Gasteiger charge is 2.03. The molecule has 0 bridgehead atoms. The predicted molar refractivity (Wildman–Crippen MR) is 86.8 cm³/mol. The number of ketones is 1. The molecule has 0 radical (unpaired) electrons. The van der Waals surface area contributed by atoms with Gasteiger partial charge < -0.3 is 9.84 Å². The molecule has 0 aliphatic heterocycles. The van der Waals surface area contributed by atoms with E-state index in [1.807, 2.05) is 6.92 Å². The van der Waals surface area contributed by atoms with E-state index < -0.39 is 0 Å². The molecule has 1 N–H and O–H groups in total. The summed E-state index contributed by atoms with van der Waals surface area (Å²) in [6.07, 6.45) is 3.22. The van der Waals surface area contributed by atoms with Crippen LogP contribution in [-0.2, 0) is 0 Å². The molecule has 21 heavy (non-hydrogen) atoms. The average molecular weight is 347 g/mol. The fourth-order valence-corrected chi connectivity index (χ4v) is 2.17. The maximum atomic E-state index is 12.1. The molecule has 2 rings (SSSR count). The summed E-state index contributed by atoms with van der Waals surface area (Å²) in [7, 11) is 0. The molecule has 0 fully saturated rings. The number of phenolic OH excluding ortho intramolecular Hbond substituents is 1. The second-order valence-electron chi connectivity index (χ2n) is 4.37. The molecular weight excluding hydrogens is 332 g/mol. The van der Waals surface area contributed by atoms with Crippen molar-refractivity contribution in [2.75, 3.05) is 6.61 Å². The van der Waals surface area contributed by atoms with Gasteiger partial charge in [-0.25, -0.2) is 0 Å². The molecular formula is C17H15BrO3. The van der Waals surface area contributed by atoms with E-state index in [1.54, 1.807) is 48.5 Å². The molecule has 0 amide bonds. The van der Waals surface area contributed by atoms with Crippen LogP contribution in [0.1, 0.15) is 22.8 Å². The largest absolute Gasteiger partial charge is 0.507 e. The van der Waals surface area contributed by atoms with Crippen LogP contribution in [0.2, 0.25) is 0 Å². The van der Waals surface area contributed by atoms with Crippen LogP contribution in [0.25, 0.3) is 6.08 Å². The second kappa shape index (κ2) is 7.09. The van der Waals surface area contributed by atoms with Crippen LogP contribution in [0, 0.1) is 0 Å². The van der Waals surface area contributed by atoms with E-state index in [0.717, 1.165) is 11.3 Å². The molecule has 0 spiro atoms. The first-order valence-electron chi connectivity index (χ1n) is 6.54. The summed E-state index contributed by atoms with van der Waals surface area (Å²) < 4.78 is 5.93. The van der Waals surface area contributed by atoms with Gasteiger partial charge in [0.1, 0.15) is 11.5 Å². The number of hydrogen-bond donors (Lipinski definition) is 1. The monoisotopic (exact) mass is 346 g/mol. The summed E-state index contributed by atoms with van der Waals surface area (Å²) >= 11 is 3.24. The zero-order valence-corrected chi connectivity index (χ0v) is 13.1. The molecule has 0 heterocycles. The van der Waals surface area contributed by atoms with Crippen LogP contribution in [0.5, 0.6) is 11.5 Å². The number of phenols is 1. The minimum Gasteiger partial charge on any atom is -0.507 e. The van der Waals surface area contributed by atoms with Gasteiger partial charge in [0, 0.05) is 5.56 Å². The van der Waals surface area contributed by atoms with E-state index in [0.29, 0.717) is 16.6 Å². The van der Waals surface area contributed by atoms with Crippen LogP contribution in [0.15, 0.2) is 53.0 Å². The molecule has 4 heteroatoms. The summed E-state index contributed by atoms with van der Waals surface area (Å²) in [4.78, 5) is 12.1. The lowest BCUT2D eigenvalue weighted by molar-refractivity contribution is 0.104. The zero-order chi connectivity index (χ0) is 15.2. The van der Waals surface area contributed by atoms with Crippen molar-refractivity contribution in [2.45, 2.75) is 6.92 Å². The number of aromatic hydroxyl groups is 1. The van der Waals surface area contributed by atoms with Crippen LogP contribution in [0.3, 0.4) is 0 Å². The van der Waals surface area contributed by atoms with E-state index in [2.05, 4.69) is 15.9 Å². The molecule has 0 atom stereocenters. The molecule has 108 valence electrons. The van der Waals surface area contributed by atoms with Gasteiger partial charge in [0.25, 0.3) is 0 Å². The van der Waals surface area contributed by atoms with Crippen LogP contribution >= 0.6 is 15.9 Å².